The maximum absolute atomic E-state index is 13.4. The van der Waals surface area contributed by atoms with Gasteiger partial charge in [-0.15, -0.1) is 0 Å². The molecule has 0 aliphatic rings. The Bertz CT molecular complexity index is 1720. The first-order valence-electron chi connectivity index (χ1n) is 11.3. The van der Waals surface area contributed by atoms with Crippen molar-refractivity contribution in [1.82, 2.24) is 14.7 Å². The maximum atomic E-state index is 13.4. The molecule has 4 rings (SSSR count). The standard InChI is InChI=1S/C26H25ClN4O5S/c1-13-9-18(16(4)29-20-6-7-21(27)30-22(20)26(33)31-37(5,34)35)25-19(10-13)23(32)15(3)24(36-25)17-8-14(2)11-28-12-17/h6-12,16,29H,1-5H3,(H,31,33)/t16-/m1/s1. The molecule has 0 radical (unpaired) electrons. The van der Waals surface area contributed by atoms with Crippen molar-refractivity contribution in [1.29, 1.82) is 0 Å². The molecular weight excluding hydrogens is 516 g/mol. The van der Waals surface area contributed by atoms with Gasteiger partial charge >= 0.3 is 0 Å². The normalized spacial score (nSPS) is 12.4. The molecule has 11 heteroatoms. The molecule has 1 amide bonds. The molecule has 9 nitrogen and oxygen atoms in total. The van der Waals surface area contributed by atoms with Gasteiger partial charge in [0.25, 0.3) is 5.91 Å². The highest BCUT2D eigenvalue weighted by molar-refractivity contribution is 7.89. The van der Waals surface area contributed by atoms with Crippen molar-refractivity contribution in [3.8, 4) is 11.3 Å². The smallest absolute Gasteiger partial charge is 0.285 e. The average Bonchev–Trinajstić information content (AvgIpc) is 2.81. The zero-order chi connectivity index (χ0) is 27.1. The van der Waals surface area contributed by atoms with E-state index in [1.165, 1.54) is 12.1 Å². The van der Waals surface area contributed by atoms with E-state index < -0.39 is 22.0 Å². The van der Waals surface area contributed by atoms with E-state index in [0.29, 0.717) is 33.4 Å². The van der Waals surface area contributed by atoms with Crippen LogP contribution in [-0.4, -0.2) is 30.5 Å². The summed E-state index contributed by atoms with van der Waals surface area (Å²) in [5.74, 6) is -0.502. The molecule has 0 unspecified atom stereocenters. The summed E-state index contributed by atoms with van der Waals surface area (Å²) in [5.41, 5.74) is 3.89. The predicted octanol–water partition coefficient (Wildman–Crippen LogP) is 4.69. The molecule has 37 heavy (non-hydrogen) atoms. The molecule has 2 N–H and O–H groups in total. The Morgan fingerprint density at radius 2 is 1.81 bits per heavy atom. The minimum Gasteiger partial charge on any atom is -0.455 e. The van der Waals surface area contributed by atoms with Crippen LogP contribution in [0.25, 0.3) is 22.3 Å². The Morgan fingerprint density at radius 1 is 1.08 bits per heavy atom. The second-order valence-electron chi connectivity index (χ2n) is 8.97. The zero-order valence-electron chi connectivity index (χ0n) is 20.8. The molecule has 3 aromatic heterocycles. The molecule has 0 spiro atoms. The second kappa shape index (κ2) is 9.95. The molecule has 0 fully saturated rings. The molecule has 0 saturated heterocycles. The van der Waals surface area contributed by atoms with Gasteiger partial charge in [0.05, 0.1) is 23.4 Å². The van der Waals surface area contributed by atoms with Crippen LogP contribution in [0.5, 0.6) is 0 Å². The van der Waals surface area contributed by atoms with Crippen LogP contribution in [0, 0.1) is 20.8 Å². The van der Waals surface area contributed by atoms with Crippen molar-refractivity contribution in [2.24, 2.45) is 0 Å². The maximum Gasteiger partial charge on any atom is 0.285 e. The molecule has 0 bridgehead atoms. The van der Waals surface area contributed by atoms with E-state index in [0.717, 1.165) is 17.4 Å². The third-order valence-electron chi connectivity index (χ3n) is 5.72. The van der Waals surface area contributed by atoms with Gasteiger partial charge in [0.1, 0.15) is 16.5 Å². The Balaban J connectivity index is 1.84. The number of hydrogen-bond acceptors (Lipinski definition) is 8. The number of nitrogens with zero attached hydrogens (tertiary/aromatic N) is 2. The fourth-order valence-electron chi connectivity index (χ4n) is 4.10. The number of benzene rings is 1. The lowest BCUT2D eigenvalue weighted by atomic mass is 9.99. The molecule has 192 valence electrons. The van der Waals surface area contributed by atoms with Gasteiger partial charge in [0, 0.05) is 29.1 Å². The van der Waals surface area contributed by atoms with Crippen LogP contribution in [-0.2, 0) is 10.0 Å². The molecule has 1 aromatic carbocycles. The summed E-state index contributed by atoms with van der Waals surface area (Å²) in [6.45, 7) is 7.33. The molecule has 1 atom stereocenters. The van der Waals surface area contributed by atoms with Crippen LogP contribution in [0.3, 0.4) is 0 Å². The Labute approximate surface area is 219 Å². The number of halogens is 1. The molecule has 0 aliphatic heterocycles. The summed E-state index contributed by atoms with van der Waals surface area (Å²) in [6.07, 6.45) is 4.23. The van der Waals surface area contributed by atoms with Crippen LogP contribution < -0.4 is 15.5 Å². The zero-order valence-corrected chi connectivity index (χ0v) is 22.4. The number of pyridine rings is 2. The van der Waals surface area contributed by atoms with Crippen molar-refractivity contribution in [2.45, 2.75) is 33.7 Å². The van der Waals surface area contributed by atoms with Gasteiger partial charge < -0.3 is 9.73 Å². The topological polar surface area (TPSA) is 131 Å². The van der Waals surface area contributed by atoms with E-state index >= 15 is 0 Å². The first kappa shape index (κ1) is 26.3. The van der Waals surface area contributed by atoms with Crippen LogP contribution in [0.4, 0.5) is 5.69 Å². The van der Waals surface area contributed by atoms with E-state index in [1.54, 1.807) is 25.4 Å². The highest BCUT2D eigenvalue weighted by Gasteiger charge is 2.22. The number of aryl methyl sites for hydroxylation is 2. The van der Waals surface area contributed by atoms with Crippen LogP contribution in [0.2, 0.25) is 5.15 Å². The quantitative estimate of drug-likeness (QED) is 0.337. The fourth-order valence-corrected chi connectivity index (χ4v) is 4.68. The molecule has 3 heterocycles. The number of amides is 1. The Morgan fingerprint density at radius 3 is 2.49 bits per heavy atom. The Kier molecular flexibility index (Phi) is 7.07. The first-order valence-corrected chi connectivity index (χ1v) is 13.6. The lowest BCUT2D eigenvalue weighted by molar-refractivity contribution is 0.0977. The van der Waals surface area contributed by atoms with Crippen molar-refractivity contribution >= 4 is 44.2 Å². The van der Waals surface area contributed by atoms with Gasteiger partial charge in [-0.25, -0.2) is 18.1 Å². The monoisotopic (exact) mass is 540 g/mol. The fraction of sp³-hybridized carbons (Fsp3) is 0.231. The number of aromatic nitrogens is 2. The highest BCUT2D eigenvalue weighted by atomic mass is 35.5. The van der Waals surface area contributed by atoms with E-state index in [4.69, 9.17) is 16.0 Å². The minimum atomic E-state index is -3.82. The number of fused-ring (bicyclic) bond motifs is 1. The summed E-state index contributed by atoms with van der Waals surface area (Å²) in [7, 11) is -3.82. The summed E-state index contributed by atoms with van der Waals surface area (Å²) < 4.78 is 31.5. The Hall–Kier alpha value is -3.76. The van der Waals surface area contributed by atoms with Crippen LogP contribution >= 0.6 is 11.6 Å². The van der Waals surface area contributed by atoms with Crippen molar-refractivity contribution in [3.05, 3.63) is 86.0 Å². The van der Waals surface area contributed by atoms with Crippen LogP contribution in [0.1, 0.15) is 45.7 Å². The number of sulfonamides is 1. The number of nitrogens with one attached hydrogen (secondary N) is 2. The van der Waals surface area contributed by atoms with Crippen LogP contribution in [0.15, 0.2) is 51.9 Å². The second-order valence-corrected chi connectivity index (χ2v) is 11.1. The SMILES string of the molecule is Cc1cncc(-c2oc3c([C@@H](C)Nc4ccc(Cl)nc4C(=O)NS(C)(=O)=O)cc(C)cc3c(=O)c2C)c1. The van der Waals surface area contributed by atoms with E-state index in [9.17, 15) is 18.0 Å². The lowest BCUT2D eigenvalue weighted by Gasteiger charge is -2.20. The van der Waals surface area contributed by atoms with Gasteiger partial charge in [-0.05, 0) is 63.1 Å². The van der Waals surface area contributed by atoms with Crippen molar-refractivity contribution in [3.63, 3.8) is 0 Å². The molecular formula is C26H25ClN4O5S. The third-order valence-corrected chi connectivity index (χ3v) is 6.49. The number of hydrogen-bond donors (Lipinski definition) is 2. The average molecular weight is 541 g/mol. The van der Waals surface area contributed by atoms with Gasteiger partial charge in [-0.3, -0.25) is 14.6 Å². The van der Waals surface area contributed by atoms with Gasteiger partial charge in [-0.2, -0.15) is 0 Å². The molecule has 0 aliphatic carbocycles. The summed E-state index contributed by atoms with van der Waals surface area (Å²) in [4.78, 5) is 34.2. The van der Waals surface area contributed by atoms with Gasteiger partial charge in [0.2, 0.25) is 10.0 Å². The first-order chi connectivity index (χ1) is 17.3. The number of carbonyl (C=O) groups excluding carboxylic acids is 1. The summed E-state index contributed by atoms with van der Waals surface area (Å²) in [5, 5.41) is 3.64. The summed E-state index contributed by atoms with van der Waals surface area (Å²) in [6, 6.07) is 8.09. The largest absolute Gasteiger partial charge is 0.455 e. The predicted molar refractivity (Wildman–Crippen MR) is 144 cm³/mol. The van der Waals surface area contributed by atoms with Gasteiger partial charge in [-0.1, -0.05) is 17.7 Å². The number of rotatable bonds is 6. The van der Waals surface area contributed by atoms with Crippen molar-refractivity contribution < 1.29 is 17.6 Å². The number of carbonyl (C=O) groups is 1. The summed E-state index contributed by atoms with van der Waals surface area (Å²) >= 11 is 5.98. The van der Waals surface area contributed by atoms with E-state index in [-0.39, 0.29) is 22.0 Å². The number of anilines is 1. The van der Waals surface area contributed by atoms with Crippen molar-refractivity contribution in [2.75, 3.05) is 11.6 Å². The molecule has 4 aromatic rings. The van der Waals surface area contributed by atoms with E-state index in [1.807, 2.05) is 37.6 Å². The highest BCUT2D eigenvalue weighted by Crippen LogP contribution is 2.32. The third kappa shape index (κ3) is 5.65. The minimum absolute atomic E-state index is 0.0238. The lowest BCUT2D eigenvalue weighted by Crippen LogP contribution is -2.31. The van der Waals surface area contributed by atoms with Gasteiger partial charge in [0.15, 0.2) is 11.1 Å². The molecule has 0 saturated carbocycles. The van der Waals surface area contributed by atoms with E-state index in [2.05, 4.69) is 15.3 Å².